The zero-order valence-corrected chi connectivity index (χ0v) is 11.7. The van der Waals surface area contributed by atoms with Crippen LogP contribution in [0.15, 0.2) is 45.6 Å². The van der Waals surface area contributed by atoms with Gasteiger partial charge >= 0.3 is 0 Å². The smallest absolute Gasteiger partial charge is 0.153 e. The fourth-order valence-electron chi connectivity index (χ4n) is 1.28. The molecule has 1 heterocycles. The van der Waals surface area contributed by atoms with Crippen LogP contribution in [0.3, 0.4) is 0 Å². The summed E-state index contributed by atoms with van der Waals surface area (Å²) in [6.07, 6.45) is 4.00. The molecule has 0 aliphatic rings. The van der Waals surface area contributed by atoms with Gasteiger partial charge in [0, 0.05) is 15.1 Å². The second-order valence-corrected chi connectivity index (χ2v) is 5.07. The van der Waals surface area contributed by atoms with Crippen molar-refractivity contribution in [2.24, 2.45) is 0 Å². The first kappa shape index (κ1) is 12.3. The minimum Gasteiger partial charge on any atom is -0.455 e. The average Bonchev–Trinajstić information content (AvgIpc) is 2.31. The van der Waals surface area contributed by atoms with E-state index in [4.69, 9.17) is 4.74 Å². The number of carbonyl (C=O) groups excluding carboxylic acids is 1. The molecule has 2 aromatic rings. The minimum absolute atomic E-state index is 0.486. The van der Waals surface area contributed by atoms with Gasteiger partial charge in [0.25, 0.3) is 0 Å². The van der Waals surface area contributed by atoms with Crippen LogP contribution in [0.2, 0.25) is 0 Å². The maximum Gasteiger partial charge on any atom is 0.153 e. The molecule has 0 fully saturated rings. The predicted octanol–water partition coefficient (Wildman–Crippen LogP) is 4.21. The van der Waals surface area contributed by atoms with E-state index in [-0.39, 0.29) is 0 Å². The first-order chi connectivity index (χ1) is 8.19. The third-order valence-corrected chi connectivity index (χ3v) is 2.93. The molecule has 0 amide bonds. The molecular formula is C12H7Br2NO2. The summed E-state index contributed by atoms with van der Waals surface area (Å²) in [5.74, 6) is 1.08. The first-order valence-corrected chi connectivity index (χ1v) is 6.31. The van der Waals surface area contributed by atoms with Crippen molar-refractivity contribution < 1.29 is 9.53 Å². The van der Waals surface area contributed by atoms with Crippen LogP contribution in [-0.2, 0) is 0 Å². The van der Waals surface area contributed by atoms with Gasteiger partial charge in [-0.2, -0.15) is 0 Å². The van der Waals surface area contributed by atoms with E-state index >= 15 is 0 Å². The molecule has 0 saturated carbocycles. The van der Waals surface area contributed by atoms with E-state index in [1.165, 1.54) is 0 Å². The van der Waals surface area contributed by atoms with Crippen molar-refractivity contribution in [2.75, 3.05) is 0 Å². The van der Waals surface area contributed by atoms with Gasteiger partial charge in [0.05, 0.1) is 11.8 Å². The molecule has 0 aliphatic heterocycles. The Morgan fingerprint density at radius 1 is 1.12 bits per heavy atom. The number of ether oxygens (including phenoxy) is 1. The summed E-state index contributed by atoms with van der Waals surface area (Å²) in [4.78, 5) is 14.9. The van der Waals surface area contributed by atoms with E-state index in [1.54, 1.807) is 30.6 Å². The summed E-state index contributed by atoms with van der Waals surface area (Å²) in [7, 11) is 0. The maximum absolute atomic E-state index is 10.9. The van der Waals surface area contributed by atoms with Crippen LogP contribution in [0.4, 0.5) is 0 Å². The standard InChI is InChI=1S/C12H7Br2NO2/c13-9-1-2-12(8(3-9)7-16)17-11-4-10(14)5-15-6-11/h1-7H. The van der Waals surface area contributed by atoms with Crippen LogP contribution in [0.1, 0.15) is 10.4 Å². The minimum atomic E-state index is 0.486. The molecule has 0 N–H and O–H groups in total. The number of hydrogen-bond donors (Lipinski definition) is 0. The summed E-state index contributed by atoms with van der Waals surface area (Å²) in [6.45, 7) is 0. The fourth-order valence-corrected chi connectivity index (χ4v) is 2.00. The molecule has 0 atom stereocenters. The summed E-state index contributed by atoms with van der Waals surface area (Å²) in [5, 5.41) is 0. The van der Waals surface area contributed by atoms with Crippen molar-refractivity contribution >= 4 is 38.1 Å². The highest BCUT2D eigenvalue weighted by molar-refractivity contribution is 9.10. The number of benzene rings is 1. The Labute approximate surface area is 115 Å². The van der Waals surface area contributed by atoms with E-state index in [2.05, 4.69) is 36.8 Å². The summed E-state index contributed by atoms with van der Waals surface area (Å²) < 4.78 is 7.24. The number of rotatable bonds is 3. The Hall–Kier alpha value is -1.20. The van der Waals surface area contributed by atoms with E-state index in [0.717, 1.165) is 15.2 Å². The molecule has 0 spiro atoms. The number of nitrogens with zero attached hydrogens (tertiary/aromatic N) is 1. The molecular weight excluding hydrogens is 350 g/mol. The van der Waals surface area contributed by atoms with Gasteiger partial charge in [-0.15, -0.1) is 0 Å². The lowest BCUT2D eigenvalue weighted by molar-refractivity contribution is 0.112. The zero-order chi connectivity index (χ0) is 12.3. The highest BCUT2D eigenvalue weighted by Crippen LogP contribution is 2.27. The Morgan fingerprint density at radius 2 is 1.94 bits per heavy atom. The topological polar surface area (TPSA) is 39.2 Å². The van der Waals surface area contributed by atoms with Gasteiger partial charge in [0.2, 0.25) is 0 Å². The van der Waals surface area contributed by atoms with E-state index in [9.17, 15) is 4.79 Å². The molecule has 0 unspecified atom stereocenters. The molecule has 0 saturated heterocycles. The lowest BCUT2D eigenvalue weighted by Crippen LogP contribution is -1.91. The molecule has 17 heavy (non-hydrogen) atoms. The Balaban J connectivity index is 2.32. The van der Waals surface area contributed by atoms with Gasteiger partial charge in [0.15, 0.2) is 6.29 Å². The van der Waals surface area contributed by atoms with Gasteiger partial charge < -0.3 is 4.74 Å². The van der Waals surface area contributed by atoms with Crippen LogP contribution >= 0.6 is 31.9 Å². The summed E-state index contributed by atoms with van der Waals surface area (Å²) >= 11 is 6.60. The van der Waals surface area contributed by atoms with Crippen molar-refractivity contribution in [1.29, 1.82) is 0 Å². The first-order valence-electron chi connectivity index (χ1n) is 4.72. The van der Waals surface area contributed by atoms with E-state index < -0.39 is 0 Å². The van der Waals surface area contributed by atoms with Crippen molar-refractivity contribution in [3.63, 3.8) is 0 Å². The van der Waals surface area contributed by atoms with E-state index in [0.29, 0.717) is 17.1 Å². The van der Waals surface area contributed by atoms with Gasteiger partial charge in [-0.3, -0.25) is 9.78 Å². The Kier molecular flexibility index (Phi) is 3.91. The molecule has 0 bridgehead atoms. The van der Waals surface area contributed by atoms with Crippen LogP contribution in [0, 0.1) is 0 Å². The highest BCUT2D eigenvalue weighted by atomic mass is 79.9. The lowest BCUT2D eigenvalue weighted by atomic mass is 10.2. The third kappa shape index (κ3) is 3.14. The van der Waals surface area contributed by atoms with E-state index in [1.807, 2.05) is 6.07 Å². The number of pyridine rings is 1. The highest BCUT2D eigenvalue weighted by Gasteiger charge is 2.05. The zero-order valence-electron chi connectivity index (χ0n) is 8.56. The maximum atomic E-state index is 10.9. The van der Waals surface area contributed by atoms with Crippen molar-refractivity contribution in [2.45, 2.75) is 0 Å². The fraction of sp³-hybridized carbons (Fsp3) is 0. The molecule has 0 radical (unpaired) electrons. The molecule has 0 aliphatic carbocycles. The van der Waals surface area contributed by atoms with Gasteiger partial charge in [-0.1, -0.05) is 15.9 Å². The van der Waals surface area contributed by atoms with Gasteiger partial charge in [-0.25, -0.2) is 0 Å². The van der Waals surface area contributed by atoms with Crippen molar-refractivity contribution in [3.05, 3.63) is 51.2 Å². The van der Waals surface area contributed by atoms with Gasteiger partial charge in [-0.05, 0) is 40.2 Å². The molecule has 3 nitrogen and oxygen atoms in total. The van der Waals surface area contributed by atoms with Crippen LogP contribution < -0.4 is 4.74 Å². The van der Waals surface area contributed by atoms with Crippen molar-refractivity contribution in [3.8, 4) is 11.5 Å². The van der Waals surface area contributed by atoms with Crippen LogP contribution in [-0.4, -0.2) is 11.3 Å². The van der Waals surface area contributed by atoms with Gasteiger partial charge in [0.1, 0.15) is 11.5 Å². The third-order valence-electron chi connectivity index (χ3n) is 2.01. The largest absolute Gasteiger partial charge is 0.455 e. The monoisotopic (exact) mass is 355 g/mol. The molecule has 1 aromatic heterocycles. The second kappa shape index (κ2) is 5.42. The Morgan fingerprint density at radius 3 is 2.65 bits per heavy atom. The molecule has 86 valence electrons. The Bertz CT molecular complexity index is 558. The van der Waals surface area contributed by atoms with Crippen LogP contribution in [0.25, 0.3) is 0 Å². The number of aldehydes is 1. The number of carbonyl (C=O) groups is 1. The van der Waals surface area contributed by atoms with Crippen LogP contribution in [0.5, 0.6) is 11.5 Å². The predicted molar refractivity (Wildman–Crippen MR) is 71.5 cm³/mol. The number of hydrogen-bond acceptors (Lipinski definition) is 3. The van der Waals surface area contributed by atoms with Crippen molar-refractivity contribution in [1.82, 2.24) is 4.98 Å². The average molecular weight is 357 g/mol. The summed E-state index contributed by atoms with van der Waals surface area (Å²) in [6, 6.07) is 7.03. The molecule has 5 heteroatoms. The summed E-state index contributed by atoms with van der Waals surface area (Å²) in [5.41, 5.74) is 0.486. The quantitative estimate of drug-likeness (QED) is 0.773. The lowest BCUT2D eigenvalue weighted by Gasteiger charge is -2.07. The molecule has 2 rings (SSSR count). The number of halogens is 2. The number of aromatic nitrogens is 1. The molecule has 1 aromatic carbocycles. The normalized spacial score (nSPS) is 10.0. The second-order valence-electron chi connectivity index (χ2n) is 3.24. The SMILES string of the molecule is O=Cc1cc(Br)ccc1Oc1cncc(Br)c1.